The quantitative estimate of drug-likeness (QED) is 0.259. The Morgan fingerprint density at radius 2 is 1.45 bits per heavy atom. The molecule has 0 unspecified atom stereocenters. The van der Waals surface area contributed by atoms with E-state index in [-0.39, 0.29) is 6.42 Å². The van der Waals surface area contributed by atoms with Crippen LogP contribution in [-0.2, 0) is 54.1 Å². The Bertz CT molecular complexity index is 1140. The Morgan fingerprint density at radius 3 is 1.98 bits per heavy atom. The van der Waals surface area contributed by atoms with E-state index in [0.29, 0.717) is 0 Å². The van der Waals surface area contributed by atoms with Gasteiger partial charge in [-0.15, -0.1) is 0 Å². The number of carbonyl (C=O) groups is 6. The summed E-state index contributed by atoms with van der Waals surface area (Å²) in [5.41, 5.74) is -0.120. The fourth-order valence-electron chi connectivity index (χ4n) is 4.20. The summed E-state index contributed by atoms with van der Waals surface area (Å²) >= 11 is 0. The molecule has 6 atom stereocenters. The van der Waals surface area contributed by atoms with Crippen molar-refractivity contribution in [3.63, 3.8) is 0 Å². The fraction of sp³-hybridized carbons (Fsp3) is 0.571. The maximum absolute atomic E-state index is 13.7. The summed E-state index contributed by atoms with van der Waals surface area (Å²) in [5.74, 6) is -3.52. The Morgan fingerprint density at radius 1 is 0.857 bits per heavy atom. The van der Waals surface area contributed by atoms with Crippen LogP contribution < -0.4 is 16.0 Å². The number of hydrogen-bond donors (Lipinski definition) is 3. The average molecular weight is 594 g/mol. The first-order valence-corrected chi connectivity index (χ1v) is 13.3. The summed E-state index contributed by atoms with van der Waals surface area (Å²) in [6, 6.07) is 6.45. The van der Waals surface area contributed by atoms with E-state index in [9.17, 15) is 28.8 Å². The molecule has 0 aliphatic carbocycles. The van der Waals surface area contributed by atoms with Crippen LogP contribution in [0.25, 0.3) is 0 Å². The Labute approximate surface area is 244 Å². The number of rotatable bonds is 10. The lowest BCUT2D eigenvalue weighted by Crippen LogP contribution is -2.70. The molecule has 1 aromatic rings. The molecular formula is C28H39N3O11. The van der Waals surface area contributed by atoms with Gasteiger partial charge in [-0.05, 0) is 26.3 Å². The number of esters is 3. The van der Waals surface area contributed by atoms with E-state index in [1.54, 1.807) is 51.1 Å². The highest BCUT2D eigenvalue weighted by Gasteiger charge is 2.51. The molecule has 14 heteroatoms. The molecule has 1 fully saturated rings. The van der Waals surface area contributed by atoms with Gasteiger partial charge in [0.25, 0.3) is 0 Å². The molecule has 1 aliphatic heterocycles. The SMILES string of the molecule is CC(=O)N[C@@H]1[C@@H](OC(C)=O)[C@H](OC(C)=O)[C@@H](COC(C)=O)O[C@H]1NC(=O)[C@@H](Cc1ccccc1)NC(=O)OC(C)(C)C. The number of nitrogens with one attached hydrogen (secondary N) is 3. The lowest BCUT2D eigenvalue weighted by atomic mass is 9.94. The van der Waals surface area contributed by atoms with Crippen molar-refractivity contribution >= 4 is 35.8 Å². The van der Waals surface area contributed by atoms with Crippen molar-refractivity contribution in [1.82, 2.24) is 16.0 Å². The molecule has 42 heavy (non-hydrogen) atoms. The van der Waals surface area contributed by atoms with Crippen LogP contribution in [0.1, 0.15) is 54.0 Å². The van der Waals surface area contributed by atoms with Crippen LogP contribution in [0.2, 0.25) is 0 Å². The predicted molar refractivity (Wildman–Crippen MR) is 145 cm³/mol. The maximum Gasteiger partial charge on any atom is 0.408 e. The van der Waals surface area contributed by atoms with Gasteiger partial charge in [0.15, 0.2) is 18.4 Å². The number of alkyl carbamates (subject to hydrolysis) is 1. The lowest BCUT2D eigenvalue weighted by molar-refractivity contribution is -0.228. The van der Waals surface area contributed by atoms with E-state index in [0.717, 1.165) is 26.3 Å². The summed E-state index contributed by atoms with van der Waals surface area (Å²) in [7, 11) is 0. The molecule has 14 nitrogen and oxygen atoms in total. The first-order chi connectivity index (χ1) is 19.6. The summed E-state index contributed by atoms with van der Waals surface area (Å²) in [5, 5.41) is 7.77. The first-order valence-electron chi connectivity index (χ1n) is 13.3. The Kier molecular flexibility index (Phi) is 12.3. The molecule has 232 valence electrons. The molecule has 1 aliphatic rings. The minimum atomic E-state index is -1.39. The molecule has 1 saturated heterocycles. The fourth-order valence-corrected chi connectivity index (χ4v) is 4.20. The van der Waals surface area contributed by atoms with Crippen LogP contribution in [0.4, 0.5) is 4.79 Å². The second-order valence-electron chi connectivity index (χ2n) is 10.7. The van der Waals surface area contributed by atoms with E-state index >= 15 is 0 Å². The van der Waals surface area contributed by atoms with Gasteiger partial charge in [-0.3, -0.25) is 24.0 Å². The molecule has 0 aromatic heterocycles. The summed E-state index contributed by atoms with van der Waals surface area (Å²) in [6.45, 7) is 9.15. The molecule has 0 radical (unpaired) electrons. The number of ether oxygens (including phenoxy) is 5. The number of amides is 3. The Balaban J connectivity index is 2.46. The van der Waals surface area contributed by atoms with Crippen molar-refractivity contribution in [2.24, 2.45) is 0 Å². The van der Waals surface area contributed by atoms with Crippen LogP contribution in [0, 0.1) is 0 Å². The van der Waals surface area contributed by atoms with Gasteiger partial charge < -0.3 is 39.6 Å². The third kappa shape index (κ3) is 11.4. The zero-order valence-electron chi connectivity index (χ0n) is 24.8. The molecular weight excluding hydrogens is 554 g/mol. The number of hydrogen-bond acceptors (Lipinski definition) is 11. The molecule has 0 bridgehead atoms. The van der Waals surface area contributed by atoms with E-state index in [1.807, 2.05) is 0 Å². The van der Waals surface area contributed by atoms with Gasteiger partial charge in [-0.2, -0.15) is 0 Å². The van der Waals surface area contributed by atoms with Crippen LogP contribution in [0.15, 0.2) is 30.3 Å². The zero-order chi connectivity index (χ0) is 31.6. The highest BCUT2D eigenvalue weighted by atomic mass is 16.6. The Hall–Kier alpha value is -4.20. The van der Waals surface area contributed by atoms with Crippen LogP contribution >= 0.6 is 0 Å². The van der Waals surface area contributed by atoms with Gasteiger partial charge in [0.05, 0.1) is 0 Å². The van der Waals surface area contributed by atoms with Gasteiger partial charge >= 0.3 is 24.0 Å². The monoisotopic (exact) mass is 593 g/mol. The van der Waals surface area contributed by atoms with Gasteiger partial charge in [0.2, 0.25) is 11.8 Å². The second kappa shape index (κ2) is 15.1. The van der Waals surface area contributed by atoms with Gasteiger partial charge in [-0.1, -0.05) is 30.3 Å². The lowest BCUT2D eigenvalue weighted by Gasteiger charge is -2.45. The van der Waals surface area contributed by atoms with Crippen LogP contribution in [-0.4, -0.2) is 84.6 Å². The average Bonchev–Trinajstić information content (AvgIpc) is 2.84. The molecule has 0 spiro atoms. The van der Waals surface area contributed by atoms with Crippen molar-refractivity contribution in [1.29, 1.82) is 0 Å². The third-order valence-corrected chi connectivity index (χ3v) is 5.69. The minimum absolute atomic E-state index is 0.0593. The summed E-state index contributed by atoms with van der Waals surface area (Å²) < 4.78 is 27.2. The molecule has 0 saturated carbocycles. The normalized spacial score (nSPS) is 22.5. The minimum Gasteiger partial charge on any atom is -0.463 e. The zero-order valence-corrected chi connectivity index (χ0v) is 24.8. The molecule has 3 N–H and O–H groups in total. The van der Waals surface area contributed by atoms with Gasteiger partial charge in [-0.25, -0.2) is 4.79 Å². The number of carbonyl (C=O) groups excluding carboxylic acids is 6. The van der Waals surface area contributed by atoms with Crippen molar-refractivity contribution in [2.75, 3.05) is 6.61 Å². The highest BCUT2D eigenvalue weighted by molar-refractivity contribution is 5.86. The topological polar surface area (TPSA) is 185 Å². The van der Waals surface area contributed by atoms with E-state index in [1.165, 1.54) is 6.92 Å². The van der Waals surface area contributed by atoms with Crippen molar-refractivity contribution in [2.45, 2.75) is 97.1 Å². The van der Waals surface area contributed by atoms with Crippen molar-refractivity contribution in [3.8, 4) is 0 Å². The van der Waals surface area contributed by atoms with Crippen molar-refractivity contribution in [3.05, 3.63) is 35.9 Å². The van der Waals surface area contributed by atoms with E-state index in [4.69, 9.17) is 23.7 Å². The standard InChI is InChI=1S/C28H39N3O11/c1-15(32)29-22-24(40-18(4)35)23(39-17(3)34)21(14-38-16(2)33)41-26(22)31-25(36)20(13-19-11-9-8-10-12-19)30-27(37)42-28(5,6)7/h8-12,20-24,26H,13-14H2,1-7H3,(H,29,32)(H,30,37)(H,31,36)/t20-,21-,22-,23-,24-,26-/m1/s1. The largest absolute Gasteiger partial charge is 0.463 e. The van der Waals surface area contributed by atoms with Gasteiger partial charge in [0.1, 0.15) is 30.4 Å². The van der Waals surface area contributed by atoms with Crippen LogP contribution in [0.5, 0.6) is 0 Å². The summed E-state index contributed by atoms with van der Waals surface area (Å²) in [4.78, 5) is 74.0. The molecule has 2 rings (SSSR count). The first kappa shape index (κ1) is 34.0. The highest BCUT2D eigenvalue weighted by Crippen LogP contribution is 2.26. The van der Waals surface area contributed by atoms with Crippen molar-refractivity contribution < 1.29 is 52.5 Å². The smallest absolute Gasteiger partial charge is 0.408 e. The maximum atomic E-state index is 13.7. The molecule has 1 heterocycles. The van der Waals surface area contributed by atoms with Crippen LogP contribution in [0.3, 0.4) is 0 Å². The third-order valence-electron chi connectivity index (χ3n) is 5.69. The summed E-state index contributed by atoms with van der Waals surface area (Å²) in [6.07, 6.45) is -6.08. The van der Waals surface area contributed by atoms with E-state index in [2.05, 4.69) is 16.0 Å². The molecule has 1 aromatic carbocycles. The predicted octanol–water partition coefficient (Wildman–Crippen LogP) is 0.895. The molecule has 3 amide bonds. The number of benzene rings is 1. The van der Waals surface area contributed by atoms with E-state index < -0.39 is 84.6 Å². The second-order valence-corrected chi connectivity index (χ2v) is 10.7. The van der Waals surface area contributed by atoms with Gasteiger partial charge in [0, 0.05) is 34.1 Å².